The molecule has 0 radical (unpaired) electrons. The summed E-state index contributed by atoms with van der Waals surface area (Å²) < 4.78 is 27.4. The van der Waals surface area contributed by atoms with Gasteiger partial charge in [0.05, 0.1) is 5.69 Å². The smallest absolute Gasteiger partial charge is 0.291 e. The van der Waals surface area contributed by atoms with E-state index < -0.39 is 29.5 Å². The van der Waals surface area contributed by atoms with Gasteiger partial charge in [-0.3, -0.25) is 14.7 Å². The van der Waals surface area contributed by atoms with Crippen LogP contribution in [0.5, 0.6) is 0 Å². The zero-order valence-corrected chi connectivity index (χ0v) is 15.2. The minimum Gasteiger partial charge on any atom is -0.337 e. The number of hydrogen-bond donors (Lipinski definition) is 3. The molecule has 1 saturated carbocycles. The molecule has 1 fully saturated rings. The van der Waals surface area contributed by atoms with Crippen LogP contribution in [0.25, 0.3) is 0 Å². The highest BCUT2D eigenvalue weighted by Crippen LogP contribution is 2.28. The number of aromatic nitrogens is 3. The number of amides is 2. The molecule has 148 valence electrons. The summed E-state index contributed by atoms with van der Waals surface area (Å²) >= 11 is 0. The van der Waals surface area contributed by atoms with Crippen LogP contribution in [0.4, 0.5) is 14.5 Å². The van der Waals surface area contributed by atoms with Gasteiger partial charge in [0.15, 0.2) is 0 Å². The lowest BCUT2D eigenvalue weighted by molar-refractivity contribution is -0.118. The Morgan fingerprint density at radius 2 is 2.00 bits per heavy atom. The van der Waals surface area contributed by atoms with Crippen molar-refractivity contribution in [2.75, 3.05) is 5.32 Å². The number of nitrogens with zero attached hydrogens (tertiary/aromatic N) is 2. The third kappa shape index (κ3) is 3.88. The maximum Gasteiger partial charge on any atom is 0.291 e. The van der Waals surface area contributed by atoms with E-state index in [0.29, 0.717) is 17.3 Å². The molecule has 7 nitrogen and oxygen atoms in total. The molecular formula is C19H21F2N5O2. The Morgan fingerprint density at radius 3 is 2.79 bits per heavy atom. The molecule has 2 amide bonds. The Kier molecular flexibility index (Phi) is 5.06. The van der Waals surface area contributed by atoms with Crippen LogP contribution in [-0.2, 0) is 17.6 Å². The van der Waals surface area contributed by atoms with Crippen molar-refractivity contribution in [2.24, 2.45) is 5.92 Å². The fourth-order valence-electron chi connectivity index (χ4n) is 3.94. The standard InChI is InChI=1S/C19H21F2N5O2/c20-12-8-11-5-6-14(18(27)24-16(11)13(21)9-12)22-19(28)17-23-15(25-26-17)7-10-3-1-2-4-10/h8-10,14H,1-7H2,(H,22,28)(H,24,27)(H,23,25,26)/t14-/m0/s1. The van der Waals surface area contributed by atoms with Crippen molar-refractivity contribution in [1.29, 1.82) is 0 Å². The van der Waals surface area contributed by atoms with Crippen LogP contribution in [-0.4, -0.2) is 33.0 Å². The van der Waals surface area contributed by atoms with Crippen LogP contribution < -0.4 is 10.6 Å². The number of anilines is 1. The Morgan fingerprint density at radius 1 is 1.21 bits per heavy atom. The number of carbonyl (C=O) groups is 2. The molecule has 0 spiro atoms. The Bertz CT molecular complexity index is 908. The zero-order valence-electron chi connectivity index (χ0n) is 15.2. The summed E-state index contributed by atoms with van der Waals surface area (Å²) in [5, 5.41) is 11.8. The van der Waals surface area contributed by atoms with E-state index in [1.54, 1.807) is 0 Å². The van der Waals surface area contributed by atoms with Gasteiger partial charge in [0.25, 0.3) is 5.91 Å². The lowest BCUT2D eigenvalue weighted by atomic mass is 10.0. The topological polar surface area (TPSA) is 99.8 Å². The van der Waals surface area contributed by atoms with Crippen molar-refractivity contribution < 1.29 is 18.4 Å². The molecule has 2 aliphatic rings. The summed E-state index contributed by atoms with van der Waals surface area (Å²) in [6, 6.07) is 1.02. The van der Waals surface area contributed by atoms with Gasteiger partial charge in [0.2, 0.25) is 11.7 Å². The van der Waals surface area contributed by atoms with Gasteiger partial charge in [-0.1, -0.05) is 25.7 Å². The maximum atomic E-state index is 13.9. The van der Waals surface area contributed by atoms with Crippen molar-refractivity contribution >= 4 is 17.5 Å². The summed E-state index contributed by atoms with van der Waals surface area (Å²) in [5.74, 6) is -1.48. The minimum atomic E-state index is -0.890. The second kappa shape index (κ2) is 7.65. The molecule has 1 atom stereocenters. The van der Waals surface area contributed by atoms with E-state index in [-0.39, 0.29) is 24.4 Å². The first-order valence-corrected chi connectivity index (χ1v) is 9.50. The van der Waals surface area contributed by atoms with Gasteiger partial charge >= 0.3 is 0 Å². The number of H-pyrrole nitrogens is 1. The molecule has 0 bridgehead atoms. The first-order valence-electron chi connectivity index (χ1n) is 9.50. The highest BCUT2D eigenvalue weighted by Gasteiger charge is 2.28. The first-order chi connectivity index (χ1) is 13.5. The number of carbonyl (C=O) groups excluding carboxylic acids is 2. The van der Waals surface area contributed by atoms with E-state index in [9.17, 15) is 18.4 Å². The molecule has 4 rings (SSSR count). The van der Waals surface area contributed by atoms with Gasteiger partial charge in [-0.15, -0.1) is 5.10 Å². The summed E-state index contributed by atoms with van der Waals surface area (Å²) in [4.78, 5) is 29.1. The van der Waals surface area contributed by atoms with Crippen molar-refractivity contribution in [3.63, 3.8) is 0 Å². The fraction of sp³-hybridized carbons (Fsp3) is 0.474. The monoisotopic (exact) mass is 389 g/mol. The molecule has 0 saturated heterocycles. The van der Waals surface area contributed by atoms with E-state index >= 15 is 0 Å². The maximum absolute atomic E-state index is 13.9. The van der Waals surface area contributed by atoms with Gasteiger partial charge in [-0.05, 0) is 30.4 Å². The summed E-state index contributed by atoms with van der Waals surface area (Å²) in [6.45, 7) is 0. The molecule has 2 heterocycles. The summed E-state index contributed by atoms with van der Waals surface area (Å²) in [7, 11) is 0. The highest BCUT2D eigenvalue weighted by molar-refractivity contribution is 6.00. The molecule has 1 aromatic heterocycles. The van der Waals surface area contributed by atoms with Gasteiger partial charge in [-0.25, -0.2) is 13.8 Å². The Hall–Kier alpha value is -2.84. The molecule has 1 aromatic carbocycles. The number of halogens is 2. The van der Waals surface area contributed by atoms with E-state index in [1.807, 2.05) is 0 Å². The molecule has 1 aliphatic heterocycles. The molecular weight excluding hydrogens is 368 g/mol. The van der Waals surface area contributed by atoms with Crippen LogP contribution in [0.15, 0.2) is 12.1 Å². The van der Waals surface area contributed by atoms with Crippen LogP contribution in [0.2, 0.25) is 0 Å². The minimum absolute atomic E-state index is 0.0280. The predicted octanol–water partition coefficient (Wildman–Crippen LogP) is 2.50. The van der Waals surface area contributed by atoms with Gasteiger partial charge in [0.1, 0.15) is 23.5 Å². The fourth-order valence-corrected chi connectivity index (χ4v) is 3.94. The average molecular weight is 389 g/mol. The number of rotatable bonds is 4. The van der Waals surface area contributed by atoms with Crippen LogP contribution in [0.1, 0.15) is 54.1 Å². The normalized spacial score (nSPS) is 19.8. The third-order valence-corrected chi connectivity index (χ3v) is 5.40. The number of nitrogens with one attached hydrogen (secondary N) is 3. The third-order valence-electron chi connectivity index (χ3n) is 5.40. The lowest BCUT2D eigenvalue weighted by Gasteiger charge is -2.14. The van der Waals surface area contributed by atoms with Gasteiger partial charge in [-0.2, -0.15) is 0 Å². The molecule has 28 heavy (non-hydrogen) atoms. The number of aromatic amines is 1. The predicted molar refractivity (Wildman–Crippen MR) is 96.6 cm³/mol. The van der Waals surface area contributed by atoms with Crippen molar-refractivity contribution in [3.05, 3.63) is 41.0 Å². The van der Waals surface area contributed by atoms with E-state index in [4.69, 9.17) is 0 Å². The van der Waals surface area contributed by atoms with Crippen molar-refractivity contribution in [1.82, 2.24) is 20.5 Å². The molecule has 1 aliphatic carbocycles. The second-order valence-electron chi connectivity index (χ2n) is 7.44. The number of hydrogen-bond acceptors (Lipinski definition) is 4. The SMILES string of the molecule is O=C(N[C@H]1CCc2cc(F)cc(F)c2NC1=O)c1n[nH]c(CC2CCCC2)n1. The van der Waals surface area contributed by atoms with Crippen molar-refractivity contribution in [2.45, 2.75) is 51.0 Å². The average Bonchev–Trinajstić information content (AvgIpc) is 3.30. The largest absolute Gasteiger partial charge is 0.337 e. The quantitative estimate of drug-likeness (QED) is 0.748. The summed E-state index contributed by atoms with van der Waals surface area (Å²) in [5.41, 5.74) is 0.319. The lowest BCUT2D eigenvalue weighted by Crippen LogP contribution is -2.43. The van der Waals surface area contributed by atoms with E-state index in [2.05, 4.69) is 25.8 Å². The number of fused-ring (bicyclic) bond motifs is 1. The van der Waals surface area contributed by atoms with Gasteiger partial charge in [0, 0.05) is 12.5 Å². The van der Waals surface area contributed by atoms with E-state index in [0.717, 1.165) is 25.3 Å². The van der Waals surface area contributed by atoms with Crippen LogP contribution in [0.3, 0.4) is 0 Å². The number of benzene rings is 1. The molecule has 0 unspecified atom stereocenters. The number of aryl methyl sites for hydroxylation is 1. The van der Waals surface area contributed by atoms with E-state index in [1.165, 1.54) is 18.9 Å². The Labute approximate surface area is 160 Å². The van der Waals surface area contributed by atoms with Crippen LogP contribution >= 0.6 is 0 Å². The summed E-state index contributed by atoms with van der Waals surface area (Å²) in [6.07, 6.45) is 5.96. The molecule has 9 heteroatoms. The van der Waals surface area contributed by atoms with Crippen molar-refractivity contribution in [3.8, 4) is 0 Å². The zero-order chi connectivity index (χ0) is 19.7. The van der Waals surface area contributed by atoms with Crippen LogP contribution in [0, 0.1) is 17.6 Å². The highest BCUT2D eigenvalue weighted by atomic mass is 19.1. The second-order valence-corrected chi connectivity index (χ2v) is 7.44. The first kappa shape index (κ1) is 18.5. The molecule has 3 N–H and O–H groups in total. The molecule has 2 aromatic rings. The Balaban J connectivity index is 1.41. The van der Waals surface area contributed by atoms with Gasteiger partial charge < -0.3 is 10.6 Å².